The summed E-state index contributed by atoms with van der Waals surface area (Å²) in [5.41, 5.74) is 4.52. The Labute approximate surface area is 285 Å². The summed E-state index contributed by atoms with van der Waals surface area (Å²) in [7, 11) is 0. The standard InChI is InChI=1S/C38H33F4N7O/c1-3-22-24(40)7-5-19-12-25(44)33(41)31(29(19)22)30-23(14-43)28-18(2)11-27-26-8-6-21(45-26)16-49(27)36-32(28)35(34(30)42)46-37(47-36)50-17-38-9-4-10-48(38)15-20(39)13-38/h1,5,7,12,20-21,26-27,45H,2,4,6,8-11,13,15-17,44H2/t20-,21-,26+,27-,38+/m1/s1. The molecule has 5 aliphatic rings. The first-order valence-corrected chi connectivity index (χ1v) is 17.0. The number of nitrogens with zero attached hydrogens (tertiary/aromatic N) is 5. The zero-order valence-electron chi connectivity index (χ0n) is 27.1. The number of nitrogen functional groups attached to an aromatic ring is 1. The van der Waals surface area contributed by atoms with Gasteiger partial charge in [0, 0.05) is 59.7 Å². The zero-order valence-corrected chi connectivity index (χ0v) is 27.1. The van der Waals surface area contributed by atoms with Gasteiger partial charge in [-0.2, -0.15) is 15.2 Å². The van der Waals surface area contributed by atoms with E-state index in [0.29, 0.717) is 37.3 Å². The molecule has 254 valence electrons. The van der Waals surface area contributed by atoms with E-state index >= 15 is 13.2 Å². The van der Waals surface area contributed by atoms with Gasteiger partial charge in [-0.05, 0) is 61.7 Å². The van der Waals surface area contributed by atoms with Crippen molar-refractivity contribution in [2.24, 2.45) is 0 Å². The minimum atomic E-state index is -1.05. The van der Waals surface area contributed by atoms with Gasteiger partial charge in [-0.25, -0.2) is 17.6 Å². The van der Waals surface area contributed by atoms with Crippen LogP contribution in [-0.2, 0) is 0 Å². The first-order chi connectivity index (χ1) is 24.1. The van der Waals surface area contributed by atoms with Crippen LogP contribution in [0.3, 0.4) is 0 Å². The fraction of sp³-hybridized carbons (Fsp3) is 0.395. The van der Waals surface area contributed by atoms with Crippen LogP contribution in [0.5, 0.6) is 6.01 Å². The van der Waals surface area contributed by atoms with Crippen molar-refractivity contribution < 1.29 is 22.3 Å². The number of nitrogens with two attached hydrogens (primary N) is 1. The molecule has 9 rings (SSSR count). The van der Waals surface area contributed by atoms with E-state index in [2.05, 4.69) is 38.7 Å². The van der Waals surface area contributed by atoms with Gasteiger partial charge in [0.1, 0.15) is 36.0 Å². The highest BCUT2D eigenvalue weighted by atomic mass is 19.1. The van der Waals surface area contributed by atoms with Gasteiger partial charge in [0.15, 0.2) is 11.6 Å². The number of piperazine rings is 1. The summed E-state index contributed by atoms with van der Waals surface area (Å²) in [6.07, 6.45) is 9.03. The van der Waals surface area contributed by atoms with Crippen LogP contribution >= 0.6 is 0 Å². The number of hydrogen-bond donors (Lipinski definition) is 2. The topological polar surface area (TPSA) is 103 Å². The molecule has 0 amide bonds. The van der Waals surface area contributed by atoms with E-state index in [9.17, 15) is 9.65 Å². The van der Waals surface area contributed by atoms with Gasteiger partial charge in [-0.3, -0.25) is 4.90 Å². The van der Waals surface area contributed by atoms with Crippen LogP contribution < -0.4 is 20.7 Å². The van der Waals surface area contributed by atoms with Gasteiger partial charge in [-0.15, -0.1) is 6.42 Å². The molecule has 0 aliphatic carbocycles. The summed E-state index contributed by atoms with van der Waals surface area (Å²) in [5, 5.41) is 14.9. The second-order valence-electron chi connectivity index (χ2n) is 14.4. The van der Waals surface area contributed by atoms with E-state index in [-0.39, 0.29) is 74.8 Å². The summed E-state index contributed by atoms with van der Waals surface area (Å²) < 4.78 is 70.1. The number of fused-ring (bicyclic) bond motifs is 7. The molecule has 0 spiro atoms. The Morgan fingerprint density at radius 3 is 2.74 bits per heavy atom. The minimum absolute atomic E-state index is 0.0893. The number of anilines is 2. The Hall–Kier alpha value is -4.91. The number of ether oxygens (including phenoxy) is 1. The Balaban J connectivity index is 1.34. The van der Waals surface area contributed by atoms with Gasteiger partial charge in [0.05, 0.1) is 27.7 Å². The molecule has 1 aromatic heterocycles. The summed E-state index contributed by atoms with van der Waals surface area (Å²) in [5.74, 6) is -0.204. The lowest BCUT2D eigenvalue weighted by molar-refractivity contribution is 0.107. The largest absolute Gasteiger partial charge is 0.461 e. The third-order valence-corrected chi connectivity index (χ3v) is 11.6. The van der Waals surface area contributed by atoms with Gasteiger partial charge >= 0.3 is 6.01 Å². The smallest absolute Gasteiger partial charge is 0.319 e. The molecule has 5 aliphatic heterocycles. The van der Waals surface area contributed by atoms with Gasteiger partial charge in [-0.1, -0.05) is 18.6 Å². The van der Waals surface area contributed by atoms with E-state index in [4.69, 9.17) is 21.9 Å². The Morgan fingerprint density at radius 1 is 1.10 bits per heavy atom. The van der Waals surface area contributed by atoms with Crippen LogP contribution in [0.25, 0.3) is 38.4 Å². The van der Waals surface area contributed by atoms with Gasteiger partial charge in [0.2, 0.25) is 0 Å². The summed E-state index contributed by atoms with van der Waals surface area (Å²) in [6, 6.07) is 5.98. The predicted octanol–water partition coefficient (Wildman–Crippen LogP) is 5.98. The average Bonchev–Trinajstić information content (AvgIpc) is 3.75. The fourth-order valence-corrected chi connectivity index (χ4v) is 9.50. The number of benzene rings is 3. The lowest BCUT2D eigenvalue weighted by Gasteiger charge is -2.41. The molecule has 8 nitrogen and oxygen atoms in total. The zero-order chi connectivity index (χ0) is 34.6. The third kappa shape index (κ3) is 4.31. The number of terminal acetylenes is 1. The van der Waals surface area contributed by atoms with Crippen molar-refractivity contribution in [2.75, 3.05) is 36.9 Å². The van der Waals surface area contributed by atoms with Crippen molar-refractivity contribution >= 4 is 38.8 Å². The van der Waals surface area contributed by atoms with Crippen molar-refractivity contribution in [2.45, 2.75) is 68.4 Å². The highest BCUT2D eigenvalue weighted by Gasteiger charge is 2.50. The van der Waals surface area contributed by atoms with Crippen molar-refractivity contribution in [3.63, 3.8) is 0 Å². The fourth-order valence-electron chi connectivity index (χ4n) is 9.50. The lowest BCUT2D eigenvalue weighted by atomic mass is 9.84. The number of halogens is 4. The SMILES string of the molecule is C#Cc1c(F)ccc2cc(N)c(F)c(-c3c(C#N)c4c5c(nc(OC[C@@]67CCCN6C[C@H](F)C7)nc5c3F)N3C[C@H]5CC[C@H](N5)[C@H]3CC4=C)c12. The monoisotopic (exact) mass is 679 g/mol. The molecule has 5 atom stereocenters. The predicted molar refractivity (Wildman–Crippen MR) is 183 cm³/mol. The molecular weight excluding hydrogens is 646 g/mol. The first-order valence-electron chi connectivity index (χ1n) is 17.0. The summed E-state index contributed by atoms with van der Waals surface area (Å²) in [6.45, 7) is 6.16. The van der Waals surface area contributed by atoms with Crippen LogP contribution in [-0.4, -0.2) is 70.9 Å². The molecule has 0 saturated carbocycles. The van der Waals surface area contributed by atoms with Gasteiger partial charge in [0.25, 0.3) is 0 Å². The summed E-state index contributed by atoms with van der Waals surface area (Å²) in [4.78, 5) is 13.7. The summed E-state index contributed by atoms with van der Waals surface area (Å²) >= 11 is 0. The van der Waals surface area contributed by atoms with Crippen molar-refractivity contribution in [1.29, 1.82) is 5.26 Å². The maximum absolute atomic E-state index is 17.6. The molecule has 4 fully saturated rings. The lowest BCUT2D eigenvalue weighted by Crippen LogP contribution is -2.58. The van der Waals surface area contributed by atoms with Gasteiger partial charge < -0.3 is 20.7 Å². The second-order valence-corrected chi connectivity index (χ2v) is 14.4. The first kappa shape index (κ1) is 31.1. The Kier molecular flexibility index (Phi) is 6.87. The molecule has 3 aromatic carbocycles. The average molecular weight is 680 g/mol. The van der Waals surface area contributed by atoms with Crippen molar-refractivity contribution in [3.8, 4) is 35.6 Å². The Bertz CT molecular complexity index is 2260. The Morgan fingerprint density at radius 2 is 1.94 bits per heavy atom. The maximum Gasteiger partial charge on any atom is 0.319 e. The highest BCUT2D eigenvalue weighted by molar-refractivity contribution is 6.10. The molecule has 0 unspecified atom stereocenters. The normalized spacial score (nSPS) is 26.9. The van der Waals surface area contributed by atoms with Crippen LogP contribution in [0.4, 0.5) is 29.1 Å². The van der Waals surface area contributed by atoms with E-state index in [1.54, 1.807) is 0 Å². The molecule has 0 radical (unpaired) electrons. The molecule has 12 heteroatoms. The van der Waals surface area contributed by atoms with E-state index < -0.39 is 40.3 Å². The molecule has 2 bridgehead atoms. The van der Waals surface area contributed by atoms with Crippen LogP contribution in [0.1, 0.15) is 55.2 Å². The molecular formula is C38H33F4N7O. The van der Waals surface area contributed by atoms with Crippen molar-refractivity contribution in [1.82, 2.24) is 20.2 Å². The quantitative estimate of drug-likeness (QED) is 0.154. The van der Waals surface area contributed by atoms with Crippen LogP contribution in [0.15, 0.2) is 24.8 Å². The van der Waals surface area contributed by atoms with E-state index in [1.807, 2.05) is 0 Å². The second kappa shape index (κ2) is 11.0. The van der Waals surface area contributed by atoms with Crippen LogP contribution in [0, 0.1) is 41.1 Å². The number of hydrogen-bond acceptors (Lipinski definition) is 8. The minimum Gasteiger partial charge on any atom is -0.461 e. The molecule has 4 aromatic rings. The third-order valence-electron chi connectivity index (χ3n) is 11.6. The van der Waals surface area contributed by atoms with Crippen LogP contribution in [0.2, 0.25) is 0 Å². The number of aromatic nitrogens is 2. The molecule has 3 N–H and O–H groups in total. The van der Waals surface area contributed by atoms with E-state index in [1.165, 1.54) is 12.1 Å². The number of rotatable bonds is 4. The van der Waals surface area contributed by atoms with E-state index in [0.717, 1.165) is 38.3 Å². The maximum atomic E-state index is 17.6. The van der Waals surface area contributed by atoms with Crippen molar-refractivity contribution in [3.05, 3.63) is 58.9 Å². The molecule has 50 heavy (non-hydrogen) atoms. The highest BCUT2D eigenvalue weighted by Crippen LogP contribution is 2.50. The number of nitriles is 1. The number of nitrogens with one attached hydrogen (secondary N) is 1. The molecule has 6 heterocycles. The number of alkyl halides is 1. The molecule has 4 saturated heterocycles.